The molecule has 0 radical (unpaired) electrons. The van der Waals surface area contributed by atoms with Gasteiger partial charge >= 0.3 is 5.97 Å². The summed E-state index contributed by atoms with van der Waals surface area (Å²) in [6.45, 7) is 1.71. The van der Waals surface area contributed by atoms with Crippen molar-refractivity contribution < 1.29 is 23.1 Å². The van der Waals surface area contributed by atoms with Gasteiger partial charge in [-0.25, -0.2) is 8.42 Å². The van der Waals surface area contributed by atoms with Crippen molar-refractivity contribution in [3.8, 4) is 0 Å². The van der Waals surface area contributed by atoms with Gasteiger partial charge in [0.05, 0.1) is 10.6 Å². The molecule has 1 atom stereocenters. The van der Waals surface area contributed by atoms with Gasteiger partial charge in [-0.2, -0.15) is 0 Å². The SMILES string of the molecule is CC(NC(=O)c1cccc(S(=O)(=O)N2CCCc3ccccc32)c1)C(=O)O. The van der Waals surface area contributed by atoms with Crippen molar-refractivity contribution in [1.29, 1.82) is 0 Å². The fourth-order valence-electron chi connectivity index (χ4n) is 3.02. The minimum Gasteiger partial charge on any atom is -0.480 e. The monoisotopic (exact) mass is 388 g/mol. The number of benzene rings is 2. The number of nitrogens with zero attached hydrogens (tertiary/aromatic N) is 1. The second kappa shape index (κ2) is 7.40. The Morgan fingerprint density at radius 1 is 1.15 bits per heavy atom. The number of para-hydroxylation sites is 1. The van der Waals surface area contributed by atoms with Crippen molar-refractivity contribution in [3.05, 3.63) is 59.7 Å². The van der Waals surface area contributed by atoms with Gasteiger partial charge in [-0.1, -0.05) is 24.3 Å². The van der Waals surface area contributed by atoms with Crippen molar-refractivity contribution in [2.24, 2.45) is 0 Å². The number of rotatable bonds is 5. The van der Waals surface area contributed by atoms with Crippen LogP contribution < -0.4 is 9.62 Å². The third-order valence-electron chi connectivity index (χ3n) is 4.47. The maximum atomic E-state index is 13.2. The fourth-order valence-corrected chi connectivity index (χ4v) is 4.60. The molecule has 0 fully saturated rings. The highest BCUT2D eigenvalue weighted by Gasteiger charge is 2.29. The minimum absolute atomic E-state index is 0.00479. The van der Waals surface area contributed by atoms with E-state index in [4.69, 9.17) is 5.11 Å². The quantitative estimate of drug-likeness (QED) is 0.816. The zero-order valence-electron chi connectivity index (χ0n) is 14.8. The number of fused-ring (bicyclic) bond motifs is 1. The van der Waals surface area contributed by atoms with E-state index in [9.17, 15) is 18.0 Å². The molecular weight excluding hydrogens is 368 g/mol. The van der Waals surface area contributed by atoms with E-state index in [1.54, 1.807) is 12.1 Å². The van der Waals surface area contributed by atoms with E-state index in [1.807, 2.05) is 12.1 Å². The van der Waals surface area contributed by atoms with Crippen LogP contribution in [-0.4, -0.2) is 38.0 Å². The number of amides is 1. The van der Waals surface area contributed by atoms with Gasteiger partial charge in [0.1, 0.15) is 6.04 Å². The van der Waals surface area contributed by atoms with Crippen molar-refractivity contribution >= 4 is 27.6 Å². The summed E-state index contributed by atoms with van der Waals surface area (Å²) in [4.78, 5) is 23.1. The van der Waals surface area contributed by atoms with Crippen molar-refractivity contribution in [3.63, 3.8) is 0 Å². The molecule has 2 aromatic carbocycles. The number of hydrogen-bond acceptors (Lipinski definition) is 4. The van der Waals surface area contributed by atoms with Crippen LogP contribution in [0.2, 0.25) is 0 Å². The van der Waals surface area contributed by atoms with E-state index < -0.39 is 27.9 Å². The Morgan fingerprint density at radius 3 is 2.63 bits per heavy atom. The van der Waals surface area contributed by atoms with E-state index in [0.29, 0.717) is 18.7 Å². The van der Waals surface area contributed by atoms with E-state index >= 15 is 0 Å². The van der Waals surface area contributed by atoms with Gasteiger partial charge in [0, 0.05) is 12.1 Å². The highest BCUT2D eigenvalue weighted by atomic mass is 32.2. The molecule has 2 N–H and O–H groups in total. The van der Waals surface area contributed by atoms with Crippen LogP contribution in [0.1, 0.15) is 29.3 Å². The number of carboxylic acid groups (broad SMARTS) is 1. The summed E-state index contributed by atoms with van der Waals surface area (Å²) in [5.74, 6) is -1.81. The van der Waals surface area contributed by atoms with E-state index in [-0.39, 0.29) is 10.5 Å². The smallest absolute Gasteiger partial charge is 0.325 e. The molecule has 27 heavy (non-hydrogen) atoms. The van der Waals surface area contributed by atoms with Crippen molar-refractivity contribution in [1.82, 2.24) is 5.32 Å². The third-order valence-corrected chi connectivity index (χ3v) is 6.28. The molecule has 1 heterocycles. The standard InChI is InChI=1S/C19H20N2O5S/c1-13(19(23)24)20-18(22)15-7-4-9-16(12-15)27(25,26)21-11-5-8-14-6-2-3-10-17(14)21/h2-4,6-7,9-10,12-13H,5,8,11H2,1H3,(H,20,22)(H,23,24). The molecule has 7 nitrogen and oxygen atoms in total. The molecule has 2 aromatic rings. The van der Waals surface area contributed by atoms with Crippen LogP contribution >= 0.6 is 0 Å². The Balaban J connectivity index is 1.93. The lowest BCUT2D eigenvalue weighted by Gasteiger charge is -2.30. The number of aryl methyl sites for hydroxylation is 1. The Morgan fingerprint density at radius 2 is 1.89 bits per heavy atom. The van der Waals surface area contributed by atoms with Crippen LogP contribution in [0.3, 0.4) is 0 Å². The van der Waals surface area contributed by atoms with Gasteiger partial charge in [-0.15, -0.1) is 0 Å². The molecule has 1 aliphatic rings. The normalized spacial score (nSPS) is 14.9. The van der Waals surface area contributed by atoms with Crippen LogP contribution in [0, 0.1) is 0 Å². The molecule has 1 amide bonds. The number of carbonyl (C=O) groups excluding carboxylic acids is 1. The lowest BCUT2D eigenvalue weighted by Crippen LogP contribution is -2.38. The molecule has 1 unspecified atom stereocenters. The molecular formula is C19H20N2O5S. The third kappa shape index (κ3) is 3.80. The van der Waals surface area contributed by atoms with Crippen LogP contribution in [0.15, 0.2) is 53.4 Å². The Labute approximate surface area is 157 Å². The van der Waals surface area contributed by atoms with Crippen LogP contribution in [0.5, 0.6) is 0 Å². The van der Waals surface area contributed by atoms with Crippen LogP contribution in [0.4, 0.5) is 5.69 Å². The average molecular weight is 388 g/mol. The number of carboxylic acids is 1. The molecule has 1 aliphatic heterocycles. The largest absolute Gasteiger partial charge is 0.480 e. The van der Waals surface area contributed by atoms with Gasteiger partial charge in [-0.3, -0.25) is 13.9 Å². The summed E-state index contributed by atoms with van der Waals surface area (Å²) in [7, 11) is -3.84. The van der Waals surface area contributed by atoms with Gasteiger partial charge in [0.15, 0.2) is 0 Å². The molecule has 3 rings (SSSR count). The number of carbonyl (C=O) groups is 2. The maximum Gasteiger partial charge on any atom is 0.325 e. The zero-order valence-corrected chi connectivity index (χ0v) is 15.6. The first-order valence-corrected chi connectivity index (χ1v) is 9.99. The van der Waals surface area contributed by atoms with E-state index in [2.05, 4.69) is 5.32 Å². The summed E-state index contributed by atoms with van der Waals surface area (Å²) in [5, 5.41) is 11.2. The minimum atomic E-state index is -3.84. The highest BCUT2D eigenvalue weighted by Crippen LogP contribution is 2.31. The molecule has 0 bridgehead atoms. The summed E-state index contributed by atoms with van der Waals surface area (Å²) >= 11 is 0. The number of nitrogens with one attached hydrogen (secondary N) is 1. The number of anilines is 1. The maximum absolute atomic E-state index is 13.2. The molecule has 0 aliphatic carbocycles. The predicted molar refractivity (Wildman–Crippen MR) is 100 cm³/mol. The van der Waals surface area contributed by atoms with Crippen LogP contribution in [0.25, 0.3) is 0 Å². The molecule has 142 valence electrons. The zero-order chi connectivity index (χ0) is 19.6. The second-order valence-electron chi connectivity index (χ2n) is 6.37. The van der Waals surface area contributed by atoms with Crippen molar-refractivity contribution in [2.75, 3.05) is 10.8 Å². The molecule has 0 aromatic heterocycles. The summed E-state index contributed by atoms with van der Waals surface area (Å²) in [6, 6.07) is 11.9. The molecule has 8 heteroatoms. The summed E-state index contributed by atoms with van der Waals surface area (Å²) < 4.78 is 27.7. The molecule has 0 saturated carbocycles. The number of aliphatic carboxylic acids is 1. The number of sulfonamides is 1. The summed E-state index contributed by atoms with van der Waals surface area (Å²) in [5.41, 5.74) is 1.71. The average Bonchev–Trinajstić information content (AvgIpc) is 2.67. The van der Waals surface area contributed by atoms with E-state index in [1.165, 1.54) is 35.5 Å². The lowest BCUT2D eigenvalue weighted by molar-refractivity contribution is -0.138. The molecule has 0 saturated heterocycles. The first-order valence-electron chi connectivity index (χ1n) is 8.55. The summed E-state index contributed by atoms with van der Waals surface area (Å²) in [6.07, 6.45) is 1.53. The first-order chi connectivity index (χ1) is 12.8. The number of hydrogen-bond donors (Lipinski definition) is 2. The molecule has 0 spiro atoms. The lowest BCUT2D eigenvalue weighted by atomic mass is 10.0. The van der Waals surface area contributed by atoms with Gasteiger partial charge < -0.3 is 10.4 Å². The van der Waals surface area contributed by atoms with E-state index in [0.717, 1.165) is 12.0 Å². The topological polar surface area (TPSA) is 104 Å². The predicted octanol–water partition coefficient (Wildman–Crippen LogP) is 2.03. The Bertz CT molecular complexity index is 987. The second-order valence-corrected chi connectivity index (χ2v) is 8.23. The van der Waals surface area contributed by atoms with Gasteiger partial charge in [0.2, 0.25) is 0 Å². The highest BCUT2D eigenvalue weighted by molar-refractivity contribution is 7.92. The fraction of sp³-hybridized carbons (Fsp3) is 0.263. The van der Waals surface area contributed by atoms with Crippen molar-refractivity contribution in [2.45, 2.75) is 30.7 Å². The van der Waals surface area contributed by atoms with Gasteiger partial charge in [-0.05, 0) is 49.6 Å². The Hall–Kier alpha value is -2.87. The first kappa shape index (κ1) is 18.9. The van der Waals surface area contributed by atoms with Gasteiger partial charge in [0.25, 0.3) is 15.9 Å². The Kier molecular flexibility index (Phi) is 5.18. The van der Waals surface area contributed by atoms with Crippen LogP contribution in [-0.2, 0) is 21.2 Å².